The maximum absolute atomic E-state index is 12.9. The predicted molar refractivity (Wildman–Crippen MR) is 143 cm³/mol. The molecule has 4 rings (SSSR count). The molecule has 3 aromatic rings. The number of ether oxygens (including phenoxy) is 1. The molecule has 2 atom stereocenters. The molecule has 2 heterocycles. The number of aryl methyl sites for hydroxylation is 1. The van der Waals surface area contributed by atoms with Gasteiger partial charge in [0.1, 0.15) is 5.76 Å². The highest BCUT2D eigenvalue weighted by molar-refractivity contribution is 7.76. The first-order valence-electron chi connectivity index (χ1n) is 12.5. The standard InChI is InChI=1S/C27H33N3O7S/c1-16-6-8-18(9-7-16)23-22(24(31)28-3)20-14-19(17-10-11-17)21(29-25(20)37-23)15-30(38(34)35)13-5-12-27(2,36-4)26(32)33/h6-9,14,17H,5,10-13,15H2,1-4H3,(H,28,31)(H,32,33)(H,34,35). The van der Waals surface area contributed by atoms with Crippen molar-refractivity contribution in [1.29, 1.82) is 0 Å². The van der Waals surface area contributed by atoms with Gasteiger partial charge in [-0.1, -0.05) is 29.8 Å². The topological polar surface area (TPSA) is 142 Å². The Hall–Kier alpha value is -3.12. The van der Waals surface area contributed by atoms with Gasteiger partial charge in [-0.3, -0.25) is 9.35 Å². The van der Waals surface area contributed by atoms with Crippen LogP contribution in [0.2, 0.25) is 0 Å². The molecule has 1 aliphatic rings. The van der Waals surface area contributed by atoms with E-state index in [1.165, 1.54) is 18.3 Å². The summed E-state index contributed by atoms with van der Waals surface area (Å²) in [4.78, 5) is 29.2. The van der Waals surface area contributed by atoms with Crippen LogP contribution in [0.1, 0.15) is 65.7 Å². The lowest BCUT2D eigenvalue weighted by Gasteiger charge is -2.24. The average Bonchev–Trinajstić information content (AvgIpc) is 3.67. The van der Waals surface area contributed by atoms with E-state index in [2.05, 4.69) is 5.32 Å². The van der Waals surface area contributed by atoms with Crippen molar-refractivity contribution in [1.82, 2.24) is 14.6 Å². The van der Waals surface area contributed by atoms with Crippen molar-refractivity contribution < 1.29 is 32.6 Å². The van der Waals surface area contributed by atoms with Crippen LogP contribution in [-0.4, -0.2) is 61.3 Å². The number of pyridine rings is 1. The monoisotopic (exact) mass is 543 g/mol. The number of carboxylic acid groups (broad SMARTS) is 1. The zero-order chi connectivity index (χ0) is 27.6. The number of fused-ring (bicyclic) bond motifs is 1. The summed E-state index contributed by atoms with van der Waals surface area (Å²) < 4.78 is 34.8. The molecule has 11 heteroatoms. The molecule has 1 aromatic carbocycles. The number of carboxylic acids is 1. The van der Waals surface area contributed by atoms with Crippen LogP contribution in [0.3, 0.4) is 0 Å². The van der Waals surface area contributed by atoms with Crippen LogP contribution in [0.4, 0.5) is 0 Å². The third-order valence-corrected chi connectivity index (χ3v) is 7.84. The first-order valence-corrected chi connectivity index (χ1v) is 13.5. The molecule has 0 saturated heterocycles. The van der Waals surface area contributed by atoms with Crippen molar-refractivity contribution in [2.75, 3.05) is 20.7 Å². The van der Waals surface area contributed by atoms with Crippen LogP contribution in [0, 0.1) is 6.92 Å². The van der Waals surface area contributed by atoms with Crippen molar-refractivity contribution in [2.45, 2.75) is 57.6 Å². The van der Waals surface area contributed by atoms with Crippen LogP contribution in [0.5, 0.6) is 0 Å². The molecular weight excluding hydrogens is 510 g/mol. The second-order valence-electron chi connectivity index (χ2n) is 9.84. The Morgan fingerprint density at radius 1 is 1.29 bits per heavy atom. The normalized spacial score (nSPS) is 15.9. The van der Waals surface area contributed by atoms with E-state index in [-0.39, 0.29) is 37.0 Å². The van der Waals surface area contributed by atoms with Crippen molar-refractivity contribution in [3.63, 3.8) is 0 Å². The number of amides is 1. The summed E-state index contributed by atoms with van der Waals surface area (Å²) in [5.41, 5.74) is 2.65. The van der Waals surface area contributed by atoms with Gasteiger partial charge in [0.05, 0.1) is 23.2 Å². The van der Waals surface area contributed by atoms with Crippen LogP contribution in [-0.2, 0) is 27.3 Å². The number of furan rings is 1. The molecule has 2 unspecified atom stereocenters. The lowest BCUT2D eigenvalue weighted by molar-refractivity contribution is -0.161. The van der Waals surface area contributed by atoms with Crippen molar-refractivity contribution in [3.05, 3.63) is 52.7 Å². The highest BCUT2D eigenvalue weighted by Gasteiger charge is 2.34. The van der Waals surface area contributed by atoms with Gasteiger partial charge in [-0.15, -0.1) is 0 Å². The Labute approximate surface area is 223 Å². The number of nitrogens with one attached hydrogen (secondary N) is 1. The fourth-order valence-electron chi connectivity index (χ4n) is 4.48. The minimum Gasteiger partial charge on any atom is -0.479 e. The van der Waals surface area contributed by atoms with Gasteiger partial charge in [0.2, 0.25) is 17.0 Å². The predicted octanol–water partition coefficient (Wildman–Crippen LogP) is 4.25. The third kappa shape index (κ3) is 5.80. The second-order valence-corrected chi connectivity index (χ2v) is 10.8. The third-order valence-electron chi connectivity index (χ3n) is 7.09. The minimum atomic E-state index is -2.31. The Morgan fingerprint density at radius 2 is 1.97 bits per heavy atom. The molecular formula is C27H33N3O7S. The zero-order valence-electron chi connectivity index (χ0n) is 21.9. The van der Waals surface area contributed by atoms with E-state index < -0.39 is 22.8 Å². The summed E-state index contributed by atoms with van der Waals surface area (Å²) in [6.45, 7) is 3.68. The molecule has 1 fully saturated rings. The lowest BCUT2D eigenvalue weighted by atomic mass is 10.00. The van der Waals surface area contributed by atoms with Crippen molar-refractivity contribution >= 4 is 34.2 Å². The molecule has 0 aliphatic heterocycles. The Morgan fingerprint density at radius 3 is 2.53 bits per heavy atom. The smallest absolute Gasteiger partial charge is 0.335 e. The summed E-state index contributed by atoms with van der Waals surface area (Å²) >= 11 is -2.31. The number of carbonyl (C=O) groups is 2. The molecule has 1 saturated carbocycles. The fourth-order valence-corrected chi connectivity index (χ4v) is 4.99. The van der Waals surface area contributed by atoms with E-state index in [1.807, 2.05) is 37.3 Å². The summed E-state index contributed by atoms with van der Waals surface area (Å²) in [6.07, 6.45) is 2.42. The van der Waals surface area contributed by atoms with E-state index in [0.29, 0.717) is 28.8 Å². The number of methoxy groups -OCH3 is 1. The van der Waals surface area contributed by atoms with E-state index in [0.717, 1.165) is 29.5 Å². The summed E-state index contributed by atoms with van der Waals surface area (Å²) in [5.74, 6) is -0.710. The quantitative estimate of drug-likeness (QED) is 0.288. The Balaban J connectivity index is 1.70. The largest absolute Gasteiger partial charge is 0.479 e. The summed E-state index contributed by atoms with van der Waals surface area (Å²) in [6, 6.07) is 9.59. The molecule has 10 nitrogen and oxygen atoms in total. The SMILES string of the molecule is CNC(=O)c1c(-c2ccc(C)cc2)oc2nc(CN(CCCC(C)(OC)C(=O)O)S(=O)O)c(C3CC3)cc12. The number of aliphatic carboxylic acids is 1. The maximum atomic E-state index is 12.9. The van der Waals surface area contributed by atoms with Gasteiger partial charge < -0.3 is 19.6 Å². The lowest BCUT2D eigenvalue weighted by Crippen LogP contribution is -2.38. The van der Waals surface area contributed by atoms with E-state index in [1.54, 1.807) is 7.05 Å². The van der Waals surface area contributed by atoms with Gasteiger partial charge in [-0.2, -0.15) is 4.31 Å². The van der Waals surface area contributed by atoms with Crippen LogP contribution < -0.4 is 5.32 Å². The van der Waals surface area contributed by atoms with Gasteiger partial charge >= 0.3 is 5.97 Å². The molecule has 0 spiro atoms. The maximum Gasteiger partial charge on any atom is 0.335 e. The molecule has 2 aromatic heterocycles. The molecule has 0 bridgehead atoms. The van der Waals surface area contributed by atoms with E-state index in [4.69, 9.17) is 14.1 Å². The molecule has 38 heavy (non-hydrogen) atoms. The molecule has 1 amide bonds. The van der Waals surface area contributed by atoms with E-state index in [9.17, 15) is 23.5 Å². The highest BCUT2D eigenvalue weighted by Crippen LogP contribution is 2.44. The molecule has 1 aliphatic carbocycles. The highest BCUT2D eigenvalue weighted by atomic mass is 32.2. The van der Waals surface area contributed by atoms with Gasteiger partial charge in [0.25, 0.3) is 5.91 Å². The summed E-state index contributed by atoms with van der Waals surface area (Å²) in [7, 11) is 2.90. The number of rotatable bonds is 12. The van der Waals surface area contributed by atoms with Gasteiger partial charge in [0.15, 0.2) is 5.60 Å². The van der Waals surface area contributed by atoms with Gasteiger partial charge in [-0.25, -0.2) is 14.0 Å². The molecule has 204 valence electrons. The second kappa shape index (κ2) is 11.3. The number of hydrogen-bond donors (Lipinski definition) is 3. The van der Waals surface area contributed by atoms with Crippen LogP contribution >= 0.6 is 0 Å². The number of aromatic nitrogens is 1. The number of benzene rings is 1. The summed E-state index contributed by atoms with van der Waals surface area (Å²) in [5, 5.41) is 12.7. The minimum absolute atomic E-state index is 0.0670. The van der Waals surface area contributed by atoms with Gasteiger partial charge in [-0.05, 0) is 57.1 Å². The Kier molecular flexibility index (Phi) is 8.31. The first kappa shape index (κ1) is 27.9. The number of hydrogen-bond acceptors (Lipinski definition) is 6. The van der Waals surface area contributed by atoms with Crippen molar-refractivity contribution in [2.24, 2.45) is 0 Å². The van der Waals surface area contributed by atoms with E-state index >= 15 is 0 Å². The molecule has 0 radical (unpaired) electrons. The van der Waals surface area contributed by atoms with Gasteiger partial charge in [0, 0.05) is 26.3 Å². The van der Waals surface area contributed by atoms with Crippen LogP contribution in [0.15, 0.2) is 34.7 Å². The molecule has 3 N–H and O–H groups in total. The Bertz CT molecular complexity index is 1370. The number of carbonyl (C=O) groups excluding carboxylic acids is 1. The zero-order valence-corrected chi connectivity index (χ0v) is 22.8. The van der Waals surface area contributed by atoms with Crippen LogP contribution in [0.25, 0.3) is 22.4 Å². The average molecular weight is 544 g/mol. The van der Waals surface area contributed by atoms with Crippen molar-refractivity contribution in [3.8, 4) is 11.3 Å². The fraction of sp³-hybridized carbons (Fsp3) is 0.444. The first-order chi connectivity index (χ1) is 18.1. The number of nitrogens with zero attached hydrogens (tertiary/aromatic N) is 2.